The Morgan fingerprint density at radius 3 is 2.83 bits per heavy atom. The number of rotatable bonds is 3. The zero-order valence-corrected chi connectivity index (χ0v) is 11.6. The number of aliphatic hydroxyl groups excluding tert-OH is 1. The second-order valence-electron chi connectivity index (χ2n) is 4.49. The summed E-state index contributed by atoms with van der Waals surface area (Å²) in [6.07, 6.45) is 0.835. The molecule has 1 unspecified atom stereocenters. The van der Waals surface area contributed by atoms with Crippen molar-refractivity contribution in [3.63, 3.8) is 0 Å². The van der Waals surface area contributed by atoms with E-state index in [0.717, 1.165) is 31.6 Å². The summed E-state index contributed by atoms with van der Waals surface area (Å²) in [7, 11) is 0. The van der Waals surface area contributed by atoms with E-state index in [0.29, 0.717) is 16.7 Å². The molecule has 0 radical (unpaired) electrons. The van der Waals surface area contributed by atoms with Gasteiger partial charge in [-0.25, -0.2) is 0 Å². The lowest BCUT2D eigenvalue weighted by Gasteiger charge is -2.19. The van der Waals surface area contributed by atoms with E-state index in [1.165, 1.54) is 0 Å². The van der Waals surface area contributed by atoms with Gasteiger partial charge in [-0.05, 0) is 24.1 Å². The number of hydrogen-bond acceptors (Lipinski definition) is 3. The Hall–Kier alpha value is -0.320. The second-order valence-corrected chi connectivity index (χ2v) is 5.30. The minimum Gasteiger partial charge on any atom is -0.394 e. The number of nitrogens with zero attached hydrogens (tertiary/aromatic N) is 1. The second kappa shape index (κ2) is 6.73. The summed E-state index contributed by atoms with van der Waals surface area (Å²) >= 11 is 11.9. The zero-order chi connectivity index (χ0) is 13.0. The molecule has 1 aromatic rings. The standard InChI is InChI=1S/C13H17Cl2NO2/c14-12-2-1-10(7-13(12)15)8-16-4-3-11(9-17)18-6-5-16/h1-2,7,11,17H,3-6,8-9H2. The van der Waals surface area contributed by atoms with Gasteiger partial charge in [-0.15, -0.1) is 0 Å². The molecule has 3 nitrogen and oxygen atoms in total. The van der Waals surface area contributed by atoms with Gasteiger partial charge in [0.2, 0.25) is 0 Å². The molecule has 1 fully saturated rings. The van der Waals surface area contributed by atoms with E-state index in [4.69, 9.17) is 33.0 Å². The molecule has 1 aromatic carbocycles. The Balaban J connectivity index is 1.94. The van der Waals surface area contributed by atoms with Gasteiger partial charge in [-0.1, -0.05) is 29.3 Å². The first-order valence-corrected chi connectivity index (χ1v) is 6.83. The minimum absolute atomic E-state index is 0.0243. The number of halogens is 2. The van der Waals surface area contributed by atoms with Gasteiger partial charge in [-0.3, -0.25) is 4.90 Å². The van der Waals surface area contributed by atoms with Gasteiger partial charge in [0.1, 0.15) is 0 Å². The first-order chi connectivity index (χ1) is 8.69. The Morgan fingerprint density at radius 1 is 1.28 bits per heavy atom. The predicted octanol–water partition coefficient (Wildman–Crippen LogP) is 2.58. The van der Waals surface area contributed by atoms with Crippen LogP contribution >= 0.6 is 23.2 Å². The van der Waals surface area contributed by atoms with Crippen LogP contribution < -0.4 is 0 Å². The van der Waals surface area contributed by atoms with Crippen molar-refractivity contribution in [2.24, 2.45) is 0 Å². The number of hydrogen-bond donors (Lipinski definition) is 1. The van der Waals surface area contributed by atoms with Crippen molar-refractivity contribution in [1.82, 2.24) is 4.90 Å². The summed E-state index contributed by atoms with van der Waals surface area (Å²) in [6.45, 7) is 3.38. The highest BCUT2D eigenvalue weighted by Crippen LogP contribution is 2.23. The van der Waals surface area contributed by atoms with Crippen LogP contribution in [0.3, 0.4) is 0 Å². The first kappa shape index (κ1) is 14.1. The number of ether oxygens (including phenoxy) is 1. The molecular formula is C13H17Cl2NO2. The molecule has 5 heteroatoms. The van der Waals surface area contributed by atoms with Crippen LogP contribution in [-0.4, -0.2) is 42.4 Å². The van der Waals surface area contributed by atoms with E-state index < -0.39 is 0 Å². The average Bonchev–Trinajstić information content (AvgIpc) is 2.59. The fourth-order valence-corrected chi connectivity index (χ4v) is 2.39. The third kappa shape index (κ3) is 3.84. The number of benzene rings is 1. The molecule has 0 aliphatic carbocycles. The molecular weight excluding hydrogens is 273 g/mol. The molecule has 18 heavy (non-hydrogen) atoms. The van der Waals surface area contributed by atoms with E-state index in [2.05, 4.69) is 4.90 Å². The van der Waals surface area contributed by atoms with Gasteiger partial charge >= 0.3 is 0 Å². The van der Waals surface area contributed by atoms with Crippen LogP contribution in [0, 0.1) is 0 Å². The molecule has 1 aliphatic heterocycles. The maximum absolute atomic E-state index is 9.08. The Kier molecular flexibility index (Phi) is 5.27. The molecule has 1 saturated heterocycles. The summed E-state index contributed by atoms with van der Waals surface area (Å²) in [4.78, 5) is 2.30. The molecule has 0 amide bonds. The Morgan fingerprint density at radius 2 is 2.11 bits per heavy atom. The molecule has 0 spiro atoms. The quantitative estimate of drug-likeness (QED) is 0.928. The van der Waals surface area contributed by atoms with E-state index in [-0.39, 0.29) is 12.7 Å². The smallest absolute Gasteiger partial charge is 0.0818 e. The first-order valence-electron chi connectivity index (χ1n) is 6.08. The van der Waals surface area contributed by atoms with Crippen molar-refractivity contribution in [2.75, 3.05) is 26.3 Å². The van der Waals surface area contributed by atoms with Crippen LogP contribution in [0.5, 0.6) is 0 Å². The lowest BCUT2D eigenvalue weighted by atomic mass is 10.2. The van der Waals surface area contributed by atoms with Crippen LogP contribution in [0.2, 0.25) is 10.0 Å². The summed E-state index contributed by atoms with van der Waals surface area (Å²) in [5, 5.41) is 10.3. The van der Waals surface area contributed by atoms with Gasteiger partial charge in [0, 0.05) is 19.6 Å². The third-order valence-electron chi connectivity index (χ3n) is 3.12. The number of aliphatic hydroxyl groups is 1. The summed E-state index contributed by atoms with van der Waals surface area (Å²) in [5.41, 5.74) is 1.15. The molecule has 1 heterocycles. The predicted molar refractivity (Wildman–Crippen MR) is 73.2 cm³/mol. The highest BCUT2D eigenvalue weighted by Gasteiger charge is 2.16. The Labute approximate surface area is 117 Å². The maximum atomic E-state index is 9.08. The third-order valence-corrected chi connectivity index (χ3v) is 3.86. The van der Waals surface area contributed by atoms with Crippen LogP contribution in [0.1, 0.15) is 12.0 Å². The fourth-order valence-electron chi connectivity index (χ4n) is 2.07. The highest BCUT2D eigenvalue weighted by atomic mass is 35.5. The van der Waals surface area contributed by atoms with Crippen molar-refractivity contribution in [1.29, 1.82) is 0 Å². The van der Waals surface area contributed by atoms with E-state index in [9.17, 15) is 0 Å². The van der Waals surface area contributed by atoms with E-state index >= 15 is 0 Å². The van der Waals surface area contributed by atoms with Crippen LogP contribution in [0.4, 0.5) is 0 Å². The lowest BCUT2D eigenvalue weighted by molar-refractivity contribution is 0.0209. The van der Waals surface area contributed by atoms with Gasteiger partial charge in [0.25, 0.3) is 0 Å². The van der Waals surface area contributed by atoms with Crippen molar-refractivity contribution in [3.05, 3.63) is 33.8 Å². The monoisotopic (exact) mass is 289 g/mol. The van der Waals surface area contributed by atoms with Gasteiger partial charge < -0.3 is 9.84 Å². The van der Waals surface area contributed by atoms with Crippen molar-refractivity contribution < 1.29 is 9.84 Å². The van der Waals surface area contributed by atoms with Crippen LogP contribution in [0.25, 0.3) is 0 Å². The normalized spacial score (nSPS) is 21.8. The lowest BCUT2D eigenvalue weighted by Crippen LogP contribution is -2.26. The summed E-state index contributed by atoms with van der Waals surface area (Å²) in [5.74, 6) is 0. The van der Waals surface area contributed by atoms with Gasteiger partial charge in [0.05, 0.1) is 29.4 Å². The molecule has 1 atom stereocenters. The fraction of sp³-hybridized carbons (Fsp3) is 0.538. The molecule has 0 bridgehead atoms. The molecule has 100 valence electrons. The maximum Gasteiger partial charge on any atom is 0.0818 e. The van der Waals surface area contributed by atoms with Gasteiger partial charge in [0.15, 0.2) is 0 Å². The minimum atomic E-state index is -0.0243. The van der Waals surface area contributed by atoms with Crippen molar-refractivity contribution in [2.45, 2.75) is 19.1 Å². The van der Waals surface area contributed by atoms with Crippen LogP contribution in [0.15, 0.2) is 18.2 Å². The Bertz CT molecular complexity index is 401. The summed E-state index contributed by atoms with van der Waals surface area (Å²) in [6, 6.07) is 5.72. The molecule has 0 aromatic heterocycles. The molecule has 0 saturated carbocycles. The topological polar surface area (TPSA) is 32.7 Å². The summed E-state index contributed by atoms with van der Waals surface area (Å²) < 4.78 is 5.52. The molecule has 2 rings (SSSR count). The SMILES string of the molecule is OCC1CCN(Cc2ccc(Cl)c(Cl)c2)CCO1. The van der Waals surface area contributed by atoms with Crippen molar-refractivity contribution in [3.8, 4) is 0 Å². The van der Waals surface area contributed by atoms with Crippen molar-refractivity contribution >= 4 is 23.2 Å². The van der Waals surface area contributed by atoms with Crippen LogP contribution in [-0.2, 0) is 11.3 Å². The largest absolute Gasteiger partial charge is 0.394 e. The van der Waals surface area contributed by atoms with Gasteiger partial charge in [-0.2, -0.15) is 0 Å². The molecule has 1 aliphatic rings. The molecule has 1 N–H and O–H groups in total. The van der Waals surface area contributed by atoms with E-state index in [1.54, 1.807) is 0 Å². The average molecular weight is 290 g/mol. The zero-order valence-electron chi connectivity index (χ0n) is 10.1. The van der Waals surface area contributed by atoms with E-state index in [1.807, 2.05) is 18.2 Å². The highest BCUT2D eigenvalue weighted by molar-refractivity contribution is 6.42.